The van der Waals surface area contributed by atoms with E-state index in [0.717, 1.165) is 5.56 Å². The van der Waals surface area contributed by atoms with Crippen LogP contribution < -0.4 is 0 Å². The largest absolute Gasteiger partial charge is 0.316 e. The minimum absolute atomic E-state index is 0.00889. The minimum atomic E-state index is -0.483. The van der Waals surface area contributed by atoms with E-state index in [-0.39, 0.29) is 22.4 Å². The molecule has 0 aliphatic heterocycles. The lowest BCUT2D eigenvalue weighted by molar-refractivity contribution is -0.385. The second-order valence-corrected chi connectivity index (χ2v) is 4.24. The van der Waals surface area contributed by atoms with Crippen LogP contribution in [0.25, 0.3) is 11.3 Å². The third-order valence-corrected chi connectivity index (χ3v) is 2.67. The summed E-state index contributed by atoms with van der Waals surface area (Å²) in [6.07, 6.45) is 0. The van der Waals surface area contributed by atoms with Gasteiger partial charge in [-0.2, -0.15) is 0 Å². The van der Waals surface area contributed by atoms with Gasteiger partial charge in [-0.15, -0.1) is 0 Å². The lowest BCUT2D eigenvalue weighted by Gasteiger charge is -2.05. The highest BCUT2D eigenvalue weighted by molar-refractivity contribution is 6.28. The van der Waals surface area contributed by atoms with E-state index >= 15 is 0 Å². The maximum absolute atomic E-state index is 11.1. The van der Waals surface area contributed by atoms with Crippen LogP contribution in [-0.4, -0.2) is 14.9 Å². The molecule has 18 heavy (non-hydrogen) atoms. The number of halogens is 1. The molecule has 0 aliphatic carbocycles. The van der Waals surface area contributed by atoms with E-state index in [2.05, 4.69) is 9.97 Å². The van der Waals surface area contributed by atoms with Crippen molar-refractivity contribution in [3.8, 4) is 11.3 Å². The molecule has 0 radical (unpaired) electrons. The molecule has 0 aliphatic rings. The van der Waals surface area contributed by atoms with Crippen molar-refractivity contribution in [2.75, 3.05) is 0 Å². The van der Waals surface area contributed by atoms with Crippen LogP contribution in [0.1, 0.15) is 11.3 Å². The van der Waals surface area contributed by atoms with E-state index in [1.807, 2.05) is 25.1 Å². The van der Waals surface area contributed by atoms with Gasteiger partial charge in [-0.1, -0.05) is 23.8 Å². The van der Waals surface area contributed by atoms with E-state index in [1.54, 1.807) is 13.0 Å². The standard InChI is InChI=1S/C12H10ClN3O2/c1-7-4-3-5-9(6-7)10-11(16(17)18)8(2)14-12(13)15-10/h3-6H,1-2H3. The van der Waals surface area contributed by atoms with Gasteiger partial charge >= 0.3 is 5.69 Å². The average molecular weight is 264 g/mol. The topological polar surface area (TPSA) is 68.9 Å². The molecule has 0 saturated carbocycles. The number of nitrogens with zero attached hydrogens (tertiary/aromatic N) is 3. The Bertz CT molecular complexity index is 629. The fourth-order valence-corrected chi connectivity index (χ4v) is 1.96. The van der Waals surface area contributed by atoms with Crippen LogP contribution in [0.4, 0.5) is 5.69 Å². The summed E-state index contributed by atoms with van der Waals surface area (Å²) in [5.74, 6) is 0. The predicted octanol–water partition coefficient (Wildman–Crippen LogP) is 3.32. The summed E-state index contributed by atoms with van der Waals surface area (Å²) >= 11 is 5.77. The summed E-state index contributed by atoms with van der Waals surface area (Å²) in [7, 11) is 0. The molecule has 0 fully saturated rings. The first-order valence-electron chi connectivity index (χ1n) is 5.24. The van der Waals surface area contributed by atoms with Gasteiger partial charge in [-0.05, 0) is 31.5 Å². The lowest BCUT2D eigenvalue weighted by atomic mass is 10.1. The molecule has 0 amide bonds. The fourth-order valence-electron chi connectivity index (χ4n) is 1.75. The maximum Gasteiger partial charge on any atom is 0.316 e. The van der Waals surface area contributed by atoms with Gasteiger partial charge in [0.2, 0.25) is 5.28 Å². The van der Waals surface area contributed by atoms with Crippen LogP contribution in [-0.2, 0) is 0 Å². The van der Waals surface area contributed by atoms with Crippen LogP contribution in [0.3, 0.4) is 0 Å². The third-order valence-electron chi connectivity index (χ3n) is 2.51. The lowest BCUT2D eigenvalue weighted by Crippen LogP contribution is -2.01. The molecular formula is C12H10ClN3O2. The van der Waals surface area contributed by atoms with Crippen molar-refractivity contribution in [3.63, 3.8) is 0 Å². The van der Waals surface area contributed by atoms with E-state index in [4.69, 9.17) is 11.6 Å². The molecule has 1 aromatic heterocycles. The van der Waals surface area contributed by atoms with Crippen molar-refractivity contribution >= 4 is 17.3 Å². The molecule has 0 bridgehead atoms. The first-order valence-corrected chi connectivity index (χ1v) is 5.62. The van der Waals surface area contributed by atoms with Gasteiger partial charge in [-0.3, -0.25) is 10.1 Å². The molecule has 2 aromatic rings. The van der Waals surface area contributed by atoms with Crippen molar-refractivity contribution in [3.05, 3.63) is 50.9 Å². The Morgan fingerprint density at radius 1 is 1.28 bits per heavy atom. The Labute approximate surface area is 109 Å². The quantitative estimate of drug-likeness (QED) is 0.473. The molecule has 0 unspecified atom stereocenters. The van der Waals surface area contributed by atoms with Gasteiger partial charge in [-0.25, -0.2) is 9.97 Å². The molecule has 0 atom stereocenters. The zero-order chi connectivity index (χ0) is 13.3. The Balaban J connectivity index is 2.73. The summed E-state index contributed by atoms with van der Waals surface area (Å²) < 4.78 is 0. The summed E-state index contributed by atoms with van der Waals surface area (Å²) in [5, 5.41) is 11.1. The normalized spacial score (nSPS) is 10.4. The number of aromatic nitrogens is 2. The van der Waals surface area contributed by atoms with Crippen LogP contribution in [0, 0.1) is 24.0 Å². The van der Waals surface area contributed by atoms with Gasteiger partial charge in [0.25, 0.3) is 0 Å². The number of benzene rings is 1. The molecular weight excluding hydrogens is 254 g/mol. The van der Waals surface area contributed by atoms with E-state index in [0.29, 0.717) is 5.56 Å². The molecule has 92 valence electrons. The van der Waals surface area contributed by atoms with Crippen molar-refractivity contribution < 1.29 is 4.92 Å². The van der Waals surface area contributed by atoms with Crippen molar-refractivity contribution in [2.24, 2.45) is 0 Å². The molecule has 0 N–H and O–H groups in total. The second kappa shape index (κ2) is 4.70. The fraction of sp³-hybridized carbons (Fsp3) is 0.167. The molecule has 6 heteroatoms. The second-order valence-electron chi connectivity index (χ2n) is 3.90. The third kappa shape index (κ3) is 2.31. The van der Waals surface area contributed by atoms with E-state index < -0.39 is 4.92 Å². The zero-order valence-electron chi connectivity index (χ0n) is 9.85. The summed E-state index contributed by atoms with van der Waals surface area (Å²) in [6, 6.07) is 7.31. The number of hydrogen-bond donors (Lipinski definition) is 0. The molecule has 2 rings (SSSR count). The summed E-state index contributed by atoms with van der Waals surface area (Å²) in [6.45, 7) is 3.45. The molecule has 5 nitrogen and oxygen atoms in total. The highest BCUT2D eigenvalue weighted by atomic mass is 35.5. The van der Waals surface area contributed by atoms with E-state index in [1.165, 1.54) is 0 Å². The molecule has 0 saturated heterocycles. The Hall–Kier alpha value is -2.01. The SMILES string of the molecule is Cc1cccc(-c2nc(Cl)nc(C)c2[N+](=O)[O-])c1. The van der Waals surface area contributed by atoms with Gasteiger partial charge in [0.15, 0.2) is 5.69 Å². The van der Waals surface area contributed by atoms with Crippen LogP contribution >= 0.6 is 11.6 Å². The Morgan fingerprint density at radius 3 is 2.61 bits per heavy atom. The van der Waals surface area contributed by atoms with Crippen molar-refractivity contribution in [2.45, 2.75) is 13.8 Å². The summed E-state index contributed by atoms with van der Waals surface area (Å²) in [4.78, 5) is 18.4. The molecule has 1 heterocycles. The van der Waals surface area contributed by atoms with Crippen LogP contribution in [0.2, 0.25) is 5.28 Å². The van der Waals surface area contributed by atoms with Crippen molar-refractivity contribution in [1.82, 2.24) is 9.97 Å². The maximum atomic E-state index is 11.1. The van der Waals surface area contributed by atoms with Gasteiger partial charge in [0, 0.05) is 5.56 Å². The highest BCUT2D eigenvalue weighted by Crippen LogP contribution is 2.31. The van der Waals surface area contributed by atoms with E-state index in [9.17, 15) is 10.1 Å². The smallest absolute Gasteiger partial charge is 0.258 e. The first-order chi connectivity index (χ1) is 8.49. The minimum Gasteiger partial charge on any atom is -0.258 e. The molecule has 1 aromatic carbocycles. The number of aryl methyl sites for hydroxylation is 2. The first kappa shape index (κ1) is 12.4. The van der Waals surface area contributed by atoms with Crippen LogP contribution in [0.15, 0.2) is 24.3 Å². The zero-order valence-corrected chi connectivity index (χ0v) is 10.6. The predicted molar refractivity (Wildman–Crippen MR) is 68.6 cm³/mol. The van der Waals surface area contributed by atoms with Gasteiger partial charge in [0.05, 0.1) is 4.92 Å². The van der Waals surface area contributed by atoms with Gasteiger partial charge in [0.1, 0.15) is 5.69 Å². The number of hydrogen-bond acceptors (Lipinski definition) is 4. The Morgan fingerprint density at radius 2 is 2.00 bits per heavy atom. The molecule has 0 spiro atoms. The number of rotatable bonds is 2. The van der Waals surface area contributed by atoms with Crippen LogP contribution in [0.5, 0.6) is 0 Å². The average Bonchev–Trinajstić information content (AvgIpc) is 2.27. The van der Waals surface area contributed by atoms with Gasteiger partial charge < -0.3 is 0 Å². The van der Waals surface area contributed by atoms with Crippen molar-refractivity contribution in [1.29, 1.82) is 0 Å². The summed E-state index contributed by atoms with van der Waals surface area (Å²) in [5.41, 5.74) is 2.06. The monoisotopic (exact) mass is 263 g/mol. The Kier molecular flexibility index (Phi) is 3.25. The highest BCUT2D eigenvalue weighted by Gasteiger charge is 2.22. The number of nitro groups is 1.